The largest absolute Gasteiger partial charge is 2.00 e. The normalized spacial score (nSPS) is 7.20. The Kier molecular flexibility index (Phi) is 9.22. The van der Waals surface area contributed by atoms with Gasteiger partial charge in [-0.2, -0.15) is 0 Å². The van der Waals surface area contributed by atoms with E-state index in [2.05, 4.69) is 0 Å². The molecule has 3 nitrogen and oxygen atoms in total. The second kappa shape index (κ2) is 4.94. The van der Waals surface area contributed by atoms with Gasteiger partial charge >= 0.3 is 23.1 Å². The molecule has 5 heavy (non-hydrogen) atoms. The SMILES string of the molecule is [H-].[H-].[Mg+2].[O-][Cl+2]([O-])O. The summed E-state index contributed by atoms with van der Waals surface area (Å²) < 4.78 is 24.0. The van der Waals surface area contributed by atoms with Crippen LogP contribution in [-0.4, -0.2) is 27.7 Å². The smallest absolute Gasteiger partial charge is 1.00 e. The molecule has 0 aliphatic heterocycles. The molecule has 30 valence electrons. The minimum absolute atomic E-state index is 0. The first kappa shape index (κ1) is 9.34. The fourth-order valence-electron chi connectivity index (χ4n) is 0. The Morgan fingerprint density at radius 2 is 1.60 bits per heavy atom. The van der Waals surface area contributed by atoms with Gasteiger partial charge in [-0.1, -0.05) is 0 Å². The molecule has 0 aliphatic carbocycles. The van der Waals surface area contributed by atoms with E-state index in [0.29, 0.717) is 0 Å². The third-order valence-electron chi connectivity index (χ3n) is 0. The number of hydrogen-bond donors (Lipinski definition) is 1. The maximum Gasteiger partial charge on any atom is 2.00 e. The minimum atomic E-state index is -2.60. The second-order valence-electron chi connectivity index (χ2n) is 0.201. The van der Waals surface area contributed by atoms with Crippen molar-refractivity contribution in [1.82, 2.24) is 0 Å². The van der Waals surface area contributed by atoms with E-state index in [-0.39, 0.29) is 25.9 Å². The van der Waals surface area contributed by atoms with Crippen molar-refractivity contribution >= 4 is 23.1 Å². The van der Waals surface area contributed by atoms with Crippen molar-refractivity contribution in [3.8, 4) is 0 Å². The summed E-state index contributed by atoms with van der Waals surface area (Å²) in [5.74, 6) is 0. The molecule has 0 rings (SSSR count). The Morgan fingerprint density at radius 3 is 1.60 bits per heavy atom. The van der Waals surface area contributed by atoms with E-state index in [1.807, 2.05) is 0 Å². The van der Waals surface area contributed by atoms with Gasteiger partial charge in [0.2, 0.25) is 0 Å². The van der Waals surface area contributed by atoms with Gasteiger partial charge in [-0.3, -0.25) is 0 Å². The first-order chi connectivity index (χ1) is 1.73. The van der Waals surface area contributed by atoms with E-state index in [4.69, 9.17) is 14.0 Å². The summed E-state index contributed by atoms with van der Waals surface area (Å²) in [6.45, 7) is 0. The molecule has 0 aromatic heterocycles. The summed E-state index contributed by atoms with van der Waals surface area (Å²) in [6.07, 6.45) is 0. The summed E-state index contributed by atoms with van der Waals surface area (Å²) >= 11 is 0. The predicted molar refractivity (Wildman–Crippen MR) is 10.2 cm³/mol. The van der Waals surface area contributed by atoms with Gasteiger partial charge in [0.25, 0.3) is 10.8 Å². The van der Waals surface area contributed by atoms with Crippen LogP contribution in [0, 0.1) is 10.8 Å². The minimum Gasteiger partial charge on any atom is -1.00 e. The van der Waals surface area contributed by atoms with Gasteiger partial charge in [0.15, 0.2) is 0 Å². The zero-order valence-electron chi connectivity index (χ0n) is 4.35. The van der Waals surface area contributed by atoms with Crippen LogP contribution in [0.5, 0.6) is 0 Å². The molecule has 5 heteroatoms. The molecule has 0 amide bonds. The molecule has 0 spiro atoms. The van der Waals surface area contributed by atoms with Gasteiger partial charge in [-0.05, 0) is 0 Å². The molecular weight excluding hydrogens is 108 g/mol. The van der Waals surface area contributed by atoms with E-state index in [1.165, 1.54) is 0 Å². The molecule has 0 heterocycles. The summed E-state index contributed by atoms with van der Waals surface area (Å²) in [5, 5.41) is 0. The topological polar surface area (TPSA) is 66.3 Å². The van der Waals surface area contributed by atoms with Crippen molar-refractivity contribution in [1.29, 1.82) is 0 Å². The van der Waals surface area contributed by atoms with Gasteiger partial charge in [-0.25, -0.2) is 0 Å². The summed E-state index contributed by atoms with van der Waals surface area (Å²) in [5.41, 5.74) is 0. The van der Waals surface area contributed by atoms with Crippen LogP contribution >= 0.6 is 0 Å². The molecule has 0 radical (unpaired) electrons. The molecule has 0 bridgehead atoms. The number of halogens is 1. The van der Waals surface area contributed by atoms with E-state index in [0.717, 1.165) is 0 Å². The molecule has 0 aromatic rings. The summed E-state index contributed by atoms with van der Waals surface area (Å²) in [6, 6.07) is 0. The summed E-state index contributed by atoms with van der Waals surface area (Å²) in [7, 11) is -2.60. The Labute approximate surface area is 51.1 Å². The van der Waals surface area contributed by atoms with E-state index in [1.54, 1.807) is 0 Å². The van der Waals surface area contributed by atoms with Crippen LogP contribution in [0.2, 0.25) is 0 Å². The van der Waals surface area contributed by atoms with E-state index >= 15 is 0 Å². The Morgan fingerprint density at radius 1 is 1.60 bits per heavy atom. The zero-order chi connectivity index (χ0) is 3.58. The van der Waals surface area contributed by atoms with Gasteiger partial charge in [0.1, 0.15) is 0 Å². The van der Waals surface area contributed by atoms with Gasteiger partial charge in [0, 0.05) is 4.66 Å². The van der Waals surface area contributed by atoms with Crippen LogP contribution in [-0.2, 0) is 0 Å². The fraction of sp³-hybridized carbons (Fsp3) is 0. The summed E-state index contributed by atoms with van der Waals surface area (Å²) in [4.78, 5) is 0. The number of rotatable bonds is 0. The standard InChI is InChI=1S/ClHO3.Mg.2H/c2-1(3)4;;;/h2H;;;/q;+2;2*-1. The maximum atomic E-state index is 8.52. The first-order valence-electron chi connectivity index (χ1n) is 0.478. The van der Waals surface area contributed by atoms with Crippen LogP contribution in [0.1, 0.15) is 2.85 Å². The quantitative estimate of drug-likeness (QED) is 0.337. The fourth-order valence-corrected chi connectivity index (χ4v) is 0. The van der Waals surface area contributed by atoms with Crippen molar-refractivity contribution in [2.75, 3.05) is 0 Å². The zero-order valence-corrected chi connectivity index (χ0v) is 4.52. The van der Waals surface area contributed by atoms with Crippen LogP contribution in [0.15, 0.2) is 0 Å². The third kappa shape index (κ3) is 48.6. The van der Waals surface area contributed by atoms with Crippen LogP contribution in [0.3, 0.4) is 0 Å². The Bertz CT molecular complexity index is 17.7. The van der Waals surface area contributed by atoms with Crippen molar-refractivity contribution in [2.45, 2.75) is 0 Å². The molecule has 0 unspecified atom stereocenters. The molecule has 1 N–H and O–H groups in total. The van der Waals surface area contributed by atoms with Gasteiger partial charge < -0.3 is 12.2 Å². The Hall–Kier alpha value is 0.936. The average molecular weight is 111 g/mol. The predicted octanol–water partition coefficient (Wildman–Crippen LogP) is -3.09. The van der Waals surface area contributed by atoms with Gasteiger partial charge in [0.05, 0.1) is 0 Å². The molecule has 0 saturated carbocycles. The molecular formula is H3ClMgO3. The van der Waals surface area contributed by atoms with Crippen molar-refractivity contribution in [3.63, 3.8) is 0 Å². The molecule has 0 aliphatic rings. The first-order valence-corrected chi connectivity index (χ1v) is 1.43. The van der Waals surface area contributed by atoms with Gasteiger partial charge in [-0.15, -0.1) is 0 Å². The van der Waals surface area contributed by atoms with E-state index in [9.17, 15) is 0 Å². The second-order valence-corrected chi connectivity index (χ2v) is 0.603. The van der Waals surface area contributed by atoms with Crippen LogP contribution < -0.4 is 9.32 Å². The average Bonchev–Trinajstić information content (AvgIpc) is 0.811. The van der Waals surface area contributed by atoms with Crippen molar-refractivity contribution in [2.24, 2.45) is 0 Å². The Balaban J connectivity index is -0.0000000150. The third-order valence-corrected chi connectivity index (χ3v) is 0. The molecule has 0 saturated heterocycles. The van der Waals surface area contributed by atoms with Crippen molar-refractivity contribution in [3.05, 3.63) is 0 Å². The monoisotopic (exact) mass is 110 g/mol. The van der Waals surface area contributed by atoms with Crippen LogP contribution in [0.25, 0.3) is 0 Å². The van der Waals surface area contributed by atoms with Crippen LogP contribution in [0.4, 0.5) is 0 Å². The maximum absolute atomic E-state index is 8.52. The molecule has 0 atom stereocenters. The number of hydrogen-bond acceptors (Lipinski definition) is 3. The molecule has 0 fully saturated rings. The van der Waals surface area contributed by atoms with E-state index < -0.39 is 10.8 Å². The van der Waals surface area contributed by atoms with Crippen molar-refractivity contribution < 1.29 is 27.6 Å². The molecule has 0 aromatic carbocycles.